The number of hydrogen-bond donors (Lipinski definition) is 2. The molecule has 5 heteroatoms. The number of nitrogens with one attached hydrogen (secondary N) is 1. The summed E-state index contributed by atoms with van der Waals surface area (Å²) in [4.78, 5) is 15.7. The Balaban J connectivity index is 2.21. The average Bonchev–Trinajstić information content (AvgIpc) is 2.32. The van der Waals surface area contributed by atoms with Crippen molar-refractivity contribution in [1.29, 1.82) is 0 Å². The van der Waals surface area contributed by atoms with Crippen molar-refractivity contribution in [3.05, 3.63) is 53.6 Å². The number of carbonyl (C=O) groups excluding carboxylic acids is 1. The third kappa shape index (κ3) is 2.63. The monoisotopic (exact) mass is 246 g/mol. The fraction of sp³-hybridized carbons (Fsp3) is 0.0769. The van der Waals surface area contributed by atoms with Gasteiger partial charge in [-0.1, -0.05) is 0 Å². The van der Waals surface area contributed by atoms with Crippen LogP contribution in [0, 0.1) is 12.7 Å². The number of hydrogen-bond acceptors (Lipinski definition) is 3. The van der Waals surface area contributed by atoms with Gasteiger partial charge in [0.05, 0.1) is 11.3 Å². The summed E-state index contributed by atoms with van der Waals surface area (Å²) in [5.41, 5.74) is 1.20. The summed E-state index contributed by atoms with van der Waals surface area (Å²) in [5.74, 6) is -1.33. The predicted molar refractivity (Wildman–Crippen MR) is 65.0 cm³/mol. The molecule has 4 nitrogen and oxygen atoms in total. The lowest BCUT2D eigenvalue weighted by Gasteiger charge is -2.06. The summed E-state index contributed by atoms with van der Waals surface area (Å²) < 4.78 is 13.4. The molecule has 2 rings (SSSR count). The van der Waals surface area contributed by atoms with Crippen LogP contribution >= 0.6 is 0 Å². The van der Waals surface area contributed by atoms with E-state index in [9.17, 15) is 9.18 Å². The third-order valence-corrected chi connectivity index (χ3v) is 2.34. The molecule has 1 aromatic heterocycles. The Bertz CT molecular complexity index is 599. The minimum absolute atomic E-state index is 0.0132. The van der Waals surface area contributed by atoms with E-state index in [0.717, 1.165) is 11.6 Å². The maximum absolute atomic E-state index is 13.4. The molecule has 0 aliphatic heterocycles. The molecule has 2 aromatic rings. The highest BCUT2D eigenvalue weighted by Crippen LogP contribution is 2.20. The van der Waals surface area contributed by atoms with Crippen molar-refractivity contribution in [2.24, 2.45) is 0 Å². The number of benzene rings is 1. The number of pyridine rings is 1. The Morgan fingerprint density at radius 1 is 1.33 bits per heavy atom. The lowest BCUT2D eigenvalue weighted by Crippen LogP contribution is -2.13. The van der Waals surface area contributed by atoms with Crippen LogP contribution in [-0.4, -0.2) is 16.0 Å². The van der Waals surface area contributed by atoms with Gasteiger partial charge in [-0.05, 0) is 30.7 Å². The van der Waals surface area contributed by atoms with Crippen LogP contribution < -0.4 is 5.32 Å². The highest BCUT2D eigenvalue weighted by Gasteiger charge is 2.10. The van der Waals surface area contributed by atoms with Gasteiger partial charge in [0, 0.05) is 18.5 Å². The molecule has 0 aliphatic carbocycles. The van der Waals surface area contributed by atoms with Crippen LogP contribution in [0.1, 0.15) is 15.9 Å². The van der Waals surface area contributed by atoms with Gasteiger partial charge in [0.15, 0.2) is 0 Å². The molecule has 1 amide bonds. The summed E-state index contributed by atoms with van der Waals surface area (Å²) in [7, 11) is 0. The van der Waals surface area contributed by atoms with Gasteiger partial charge in [-0.25, -0.2) is 4.39 Å². The summed E-state index contributed by atoms with van der Waals surface area (Å²) in [5, 5.41) is 11.5. The van der Waals surface area contributed by atoms with Crippen LogP contribution in [0.4, 0.5) is 10.1 Å². The van der Waals surface area contributed by atoms with Crippen molar-refractivity contribution in [1.82, 2.24) is 4.98 Å². The van der Waals surface area contributed by atoms with E-state index < -0.39 is 11.7 Å². The number of carbonyl (C=O) groups is 1. The van der Waals surface area contributed by atoms with Crippen LogP contribution in [0.5, 0.6) is 5.75 Å². The van der Waals surface area contributed by atoms with Crippen LogP contribution in [0.2, 0.25) is 0 Å². The largest absolute Gasteiger partial charge is 0.508 e. The fourth-order valence-corrected chi connectivity index (χ4v) is 1.48. The molecule has 0 fully saturated rings. The molecule has 0 radical (unpaired) electrons. The SMILES string of the molecule is Cc1cncc(C(=O)Nc2ccc(O)cc2F)c1. The van der Waals surface area contributed by atoms with Crippen LogP contribution in [0.3, 0.4) is 0 Å². The van der Waals surface area contributed by atoms with Crippen molar-refractivity contribution >= 4 is 11.6 Å². The zero-order valence-electron chi connectivity index (χ0n) is 9.64. The van der Waals surface area contributed by atoms with E-state index in [1.54, 1.807) is 12.3 Å². The number of rotatable bonds is 2. The van der Waals surface area contributed by atoms with Gasteiger partial charge in [0.25, 0.3) is 5.91 Å². The number of nitrogens with zero attached hydrogens (tertiary/aromatic N) is 1. The van der Waals surface area contributed by atoms with E-state index >= 15 is 0 Å². The Labute approximate surface area is 103 Å². The van der Waals surface area contributed by atoms with Gasteiger partial charge in [0.1, 0.15) is 11.6 Å². The maximum Gasteiger partial charge on any atom is 0.257 e. The van der Waals surface area contributed by atoms with Crippen molar-refractivity contribution in [3.8, 4) is 5.75 Å². The molecule has 2 N–H and O–H groups in total. The van der Waals surface area contributed by atoms with Gasteiger partial charge in [0.2, 0.25) is 0 Å². The van der Waals surface area contributed by atoms with Crippen molar-refractivity contribution in [2.75, 3.05) is 5.32 Å². The molecule has 0 spiro atoms. The summed E-state index contributed by atoms with van der Waals surface area (Å²) >= 11 is 0. The van der Waals surface area contributed by atoms with Gasteiger partial charge in [-0.2, -0.15) is 0 Å². The molecular weight excluding hydrogens is 235 g/mol. The Kier molecular flexibility index (Phi) is 3.23. The average molecular weight is 246 g/mol. The molecule has 1 aromatic carbocycles. The van der Waals surface area contributed by atoms with Crippen molar-refractivity contribution < 1.29 is 14.3 Å². The normalized spacial score (nSPS) is 10.1. The maximum atomic E-state index is 13.4. The summed E-state index contributed by atoms with van der Waals surface area (Å²) in [6.07, 6.45) is 3.03. The van der Waals surface area contributed by atoms with E-state index in [0.29, 0.717) is 5.56 Å². The Hall–Kier alpha value is -2.43. The molecular formula is C13H11FN2O2. The molecule has 0 saturated heterocycles. The molecule has 0 aliphatic rings. The quantitative estimate of drug-likeness (QED) is 0.800. The number of aromatic nitrogens is 1. The molecule has 18 heavy (non-hydrogen) atoms. The second-order valence-corrected chi connectivity index (χ2v) is 3.87. The van der Waals surface area contributed by atoms with Crippen LogP contribution in [-0.2, 0) is 0 Å². The summed E-state index contributed by atoms with van der Waals surface area (Å²) in [6, 6.07) is 5.18. The molecule has 0 bridgehead atoms. The van der Waals surface area contributed by atoms with E-state index in [1.165, 1.54) is 18.3 Å². The van der Waals surface area contributed by atoms with E-state index in [4.69, 9.17) is 5.11 Å². The minimum Gasteiger partial charge on any atom is -0.508 e. The number of aryl methyl sites for hydroxylation is 1. The standard InChI is InChI=1S/C13H11FN2O2/c1-8-4-9(7-15-6-8)13(18)16-12-3-2-10(17)5-11(12)14/h2-7,17H,1H3,(H,16,18). The van der Waals surface area contributed by atoms with Crippen LogP contribution in [0.25, 0.3) is 0 Å². The molecule has 1 heterocycles. The molecule has 0 atom stereocenters. The third-order valence-electron chi connectivity index (χ3n) is 2.34. The number of aromatic hydroxyl groups is 1. The highest BCUT2D eigenvalue weighted by molar-refractivity contribution is 6.04. The lowest BCUT2D eigenvalue weighted by atomic mass is 10.2. The molecule has 92 valence electrons. The van der Waals surface area contributed by atoms with E-state index in [2.05, 4.69) is 10.3 Å². The predicted octanol–water partition coefficient (Wildman–Crippen LogP) is 2.49. The Morgan fingerprint density at radius 2 is 2.11 bits per heavy atom. The smallest absolute Gasteiger partial charge is 0.257 e. The van der Waals surface area contributed by atoms with E-state index in [-0.39, 0.29) is 11.4 Å². The zero-order valence-corrected chi connectivity index (χ0v) is 9.64. The first kappa shape index (κ1) is 12.0. The molecule has 0 saturated carbocycles. The van der Waals surface area contributed by atoms with Gasteiger partial charge < -0.3 is 10.4 Å². The lowest BCUT2D eigenvalue weighted by molar-refractivity contribution is 0.102. The first-order chi connectivity index (χ1) is 8.56. The summed E-state index contributed by atoms with van der Waals surface area (Å²) in [6.45, 7) is 1.81. The van der Waals surface area contributed by atoms with Crippen molar-refractivity contribution in [3.63, 3.8) is 0 Å². The van der Waals surface area contributed by atoms with Crippen molar-refractivity contribution in [2.45, 2.75) is 6.92 Å². The minimum atomic E-state index is -0.691. The first-order valence-corrected chi connectivity index (χ1v) is 5.28. The Morgan fingerprint density at radius 3 is 2.78 bits per heavy atom. The number of halogens is 1. The number of phenolic OH excluding ortho intramolecular Hbond substituents is 1. The highest BCUT2D eigenvalue weighted by atomic mass is 19.1. The van der Waals surface area contributed by atoms with Crippen LogP contribution in [0.15, 0.2) is 36.7 Å². The number of anilines is 1. The van der Waals surface area contributed by atoms with Gasteiger partial charge >= 0.3 is 0 Å². The fourth-order valence-electron chi connectivity index (χ4n) is 1.48. The topological polar surface area (TPSA) is 62.2 Å². The van der Waals surface area contributed by atoms with Gasteiger partial charge in [-0.15, -0.1) is 0 Å². The zero-order chi connectivity index (χ0) is 13.1. The van der Waals surface area contributed by atoms with E-state index in [1.807, 2.05) is 6.92 Å². The van der Waals surface area contributed by atoms with Gasteiger partial charge in [-0.3, -0.25) is 9.78 Å². The number of amides is 1. The second-order valence-electron chi connectivity index (χ2n) is 3.87. The number of phenols is 1. The molecule has 0 unspecified atom stereocenters. The first-order valence-electron chi connectivity index (χ1n) is 5.28. The second kappa shape index (κ2) is 4.83.